The van der Waals surface area contributed by atoms with Gasteiger partial charge in [-0.05, 0) is 31.4 Å². The van der Waals surface area contributed by atoms with Crippen LogP contribution < -0.4 is 0 Å². The number of nitrogens with zero attached hydrogens (tertiary/aromatic N) is 6. The van der Waals surface area contributed by atoms with E-state index < -0.39 is 0 Å². The van der Waals surface area contributed by atoms with Gasteiger partial charge in [-0.25, -0.2) is 19.0 Å². The van der Waals surface area contributed by atoms with Crippen LogP contribution in [-0.4, -0.2) is 41.1 Å². The Balaban J connectivity index is 1.37. The van der Waals surface area contributed by atoms with E-state index in [-0.39, 0.29) is 23.3 Å². The number of thiazole rings is 1. The van der Waals surface area contributed by atoms with E-state index in [0.717, 1.165) is 17.3 Å². The predicted molar refractivity (Wildman–Crippen MR) is 125 cm³/mol. The van der Waals surface area contributed by atoms with E-state index >= 15 is 0 Å². The summed E-state index contributed by atoms with van der Waals surface area (Å²) in [6.45, 7) is 3.99. The summed E-state index contributed by atoms with van der Waals surface area (Å²) in [5, 5.41) is 9.58. The van der Waals surface area contributed by atoms with Crippen molar-refractivity contribution in [1.82, 2.24) is 29.5 Å². The standard InChI is InChI=1S/C24H23FN6O2S/c1-13(32)23-21(27-14(2)34-23)18-12-26-30(3)22(18)19(33)9-15-7-8-31-20(10-15)28-24(29-31)16-5-4-6-17(25)11-16/h4-6,11-12,15H,7-10H2,1-3H3. The fourth-order valence-corrected chi connectivity index (χ4v) is 5.27. The molecule has 0 radical (unpaired) electrons. The summed E-state index contributed by atoms with van der Waals surface area (Å²) >= 11 is 1.33. The van der Waals surface area contributed by atoms with E-state index in [9.17, 15) is 14.0 Å². The Kier molecular flexibility index (Phi) is 5.68. The van der Waals surface area contributed by atoms with Gasteiger partial charge < -0.3 is 0 Å². The smallest absolute Gasteiger partial charge is 0.181 e. The number of aryl methyl sites for hydroxylation is 3. The van der Waals surface area contributed by atoms with E-state index in [0.29, 0.717) is 52.6 Å². The molecule has 174 valence electrons. The molecule has 0 amide bonds. The summed E-state index contributed by atoms with van der Waals surface area (Å²) in [5.74, 6) is 0.927. The summed E-state index contributed by atoms with van der Waals surface area (Å²) < 4.78 is 17.0. The monoisotopic (exact) mass is 478 g/mol. The number of aromatic nitrogens is 6. The van der Waals surface area contributed by atoms with Crippen molar-refractivity contribution < 1.29 is 14.0 Å². The molecule has 0 N–H and O–H groups in total. The molecule has 1 atom stereocenters. The average molecular weight is 479 g/mol. The van der Waals surface area contributed by atoms with E-state index in [1.165, 1.54) is 30.4 Å². The van der Waals surface area contributed by atoms with Gasteiger partial charge in [0.25, 0.3) is 0 Å². The van der Waals surface area contributed by atoms with Crippen LogP contribution in [0.2, 0.25) is 0 Å². The highest BCUT2D eigenvalue weighted by Crippen LogP contribution is 2.33. The molecule has 1 aromatic carbocycles. The summed E-state index contributed by atoms with van der Waals surface area (Å²) in [4.78, 5) is 35.2. The molecule has 0 aliphatic carbocycles. The van der Waals surface area contributed by atoms with Crippen LogP contribution in [0.15, 0.2) is 30.5 Å². The molecule has 10 heteroatoms. The Morgan fingerprint density at radius 3 is 2.85 bits per heavy atom. The number of hydrogen-bond donors (Lipinski definition) is 0. The molecule has 4 heterocycles. The van der Waals surface area contributed by atoms with Crippen LogP contribution in [0.5, 0.6) is 0 Å². The van der Waals surface area contributed by atoms with Crippen LogP contribution in [0.1, 0.15) is 50.8 Å². The van der Waals surface area contributed by atoms with Crippen LogP contribution in [0.4, 0.5) is 4.39 Å². The summed E-state index contributed by atoms with van der Waals surface area (Å²) in [5.41, 5.74) is 2.21. The van der Waals surface area contributed by atoms with Crippen molar-refractivity contribution in [2.45, 2.75) is 39.7 Å². The minimum atomic E-state index is -0.330. The molecule has 0 fully saturated rings. The molecule has 0 bridgehead atoms. The van der Waals surface area contributed by atoms with Gasteiger partial charge in [0.1, 0.15) is 17.3 Å². The first-order valence-electron chi connectivity index (χ1n) is 11.0. The highest BCUT2D eigenvalue weighted by Gasteiger charge is 2.29. The first-order chi connectivity index (χ1) is 16.3. The van der Waals surface area contributed by atoms with E-state index in [1.807, 2.05) is 11.6 Å². The Hall–Kier alpha value is -3.53. The third kappa shape index (κ3) is 4.09. The van der Waals surface area contributed by atoms with Crippen LogP contribution in [0.25, 0.3) is 22.6 Å². The maximum Gasteiger partial charge on any atom is 0.181 e. The van der Waals surface area contributed by atoms with Gasteiger partial charge in [0.15, 0.2) is 17.4 Å². The first kappa shape index (κ1) is 22.3. The number of halogens is 1. The SMILES string of the molecule is CC(=O)c1sc(C)nc1-c1cnn(C)c1C(=O)CC1CCn2nc(-c3cccc(F)c3)nc2C1. The Labute approximate surface area is 199 Å². The van der Waals surface area contributed by atoms with Crippen molar-refractivity contribution in [1.29, 1.82) is 0 Å². The van der Waals surface area contributed by atoms with Crippen LogP contribution >= 0.6 is 11.3 Å². The lowest BCUT2D eigenvalue weighted by Crippen LogP contribution is -2.23. The molecular weight excluding hydrogens is 455 g/mol. The van der Waals surface area contributed by atoms with Gasteiger partial charge in [-0.2, -0.15) is 10.2 Å². The largest absolute Gasteiger partial charge is 0.294 e. The summed E-state index contributed by atoms with van der Waals surface area (Å²) in [7, 11) is 1.73. The lowest BCUT2D eigenvalue weighted by atomic mass is 9.91. The third-order valence-electron chi connectivity index (χ3n) is 6.04. The van der Waals surface area contributed by atoms with Crippen molar-refractivity contribution in [2.24, 2.45) is 13.0 Å². The highest BCUT2D eigenvalue weighted by molar-refractivity contribution is 7.14. The van der Waals surface area contributed by atoms with Gasteiger partial charge in [-0.1, -0.05) is 12.1 Å². The van der Waals surface area contributed by atoms with Crippen molar-refractivity contribution in [3.63, 3.8) is 0 Å². The second kappa shape index (κ2) is 8.68. The average Bonchev–Trinajstić information content (AvgIpc) is 3.49. The zero-order chi connectivity index (χ0) is 24.0. The number of rotatable bonds is 6. The predicted octanol–water partition coefficient (Wildman–Crippen LogP) is 4.29. The van der Waals surface area contributed by atoms with Gasteiger partial charge in [0.05, 0.1) is 27.3 Å². The number of hydrogen-bond acceptors (Lipinski definition) is 7. The topological polar surface area (TPSA) is 95.6 Å². The zero-order valence-corrected chi connectivity index (χ0v) is 19.9. The minimum Gasteiger partial charge on any atom is -0.294 e. The first-order valence-corrected chi connectivity index (χ1v) is 11.9. The van der Waals surface area contributed by atoms with E-state index in [1.54, 1.807) is 30.1 Å². The fourth-order valence-electron chi connectivity index (χ4n) is 4.44. The lowest BCUT2D eigenvalue weighted by Gasteiger charge is -2.21. The molecule has 0 spiro atoms. The van der Waals surface area contributed by atoms with Gasteiger partial charge >= 0.3 is 0 Å². The number of benzene rings is 1. The number of ketones is 2. The summed E-state index contributed by atoms with van der Waals surface area (Å²) in [6, 6.07) is 6.23. The maximum absolute atomic E-state index is 13.6. The molecular formula is C24H23FN6O2S. The Bertz CT molecular complexity index is 1420. The Morgan fingerprint density at radius 2 is 2.09 bits per heavy atom. The highest BCUT2D eigenvalue weighted by atomic mass is 32.1. The van der Waals surface area contributed by atoms with Gasteiger partial charge in [0, 0.05) is 38.9 Å². The molecule has 1 aliphatic heterocycles. The Morgan fingerprint density at radius 1 is 1.26 bits per heavy atom. The number of carbonyl (C=O) groups is 2. The van der Waals surface area contributed by atoms with Crippen molar-refractivity contribution in [3.05, 3.63) is 57.7 Å². The number of Topliss-reactive ketones (excluding diaryl/α,β-unsaturated/α-hetero) is 2. The molecule has 34 heavy (non-hydrogen) atoms. The second-order valence-electron chi connectivity index (χ2n) is 8.57. The van der Waals surface area contributed by atoms with Gasteiger partial charge in [-0.3, -0.25) is 14.3 Å². The van der Waals surface area contributed by atoms with E-state index in [4.69, 9.17) is 0 Å². The zero-order valence-electron chi connectivity index (χ0n) is 19.1. The summed E-state index contributed by atoms with van der Waals surface area (Å²) in [6.07, 6.45) is 3.33. The normalized spacial score (nSPS) is 15.4. The van der Waals surface area contributed by atoms with Crippen molar-refractivity contribution in [2.75, 3.05) is 0 Å². The maximum atomic E-state index is 13.6. The minimum absolute atomic E-state index is 0.0431. The molecule has 3 aromatic heterocycles. The molecule has 0 saturated heterocycles. The van der Waals surface area contributed by atoms with Crippen molar-refractivity contribution >= 4 is 22.9 Å². The second-order valence-corrected chi connectivity index (χ2v) is 9.77. The third-order valence-corrected chi connectivity index (χ3v) is 7.11. The van der Waals surface area contributed by atoms with E-state index in [2.05, 4.69) is 20.2 Å². The fraction of sp³-hybridized carbons (Fsp3) is 0.333. The molecule has 4 aromatic rings. The van der Waals surface area contributed by atoms with Gasteiger partial charge in [0.2, 0.25) is 0 Å². The molecule has 8 nitrogen and oxygen atoms in total. The van der Waals surface area contributed by atoms with Crippen LogP contribution in [0.3, 0.4) is 0 Å². The van der Waals surface area contributed by atoms with Crippen LogP contribution in [0, 0.1) is 18.7 Å². The van der Waals surface area contributed by atoms with Crippen LogP contribution in [-0.2, 0) is 20.0 Å². The number of fused-ring (bicyclic) bond motifs is 1. The molecule has 5 rings (SSSR count). The molecule has 0 saturated carbocycles. The van der Waals surface area contributed by atoms with Gasteiger partial charge in [-0.15, -0.1) is 11.3 Å². The quantitative estimate of drug-likeness (QED) is 0.384. The lowest BCUT2D eigenvalue weighted by molar-refractivity contribution is 0.0942. The molecule has 1 unspecified atom stereocenters. The van der Waals surface area contributed by atoms with Crippen molar-refractivity contribution in [3.8, 4) is 22.6 Å². The molecule has 1 aliphatic rings. The number of carbonyl (C=O) groups excluding carboxylic acids is 2.